The Morgan fingerprint density at radius 1 is 1.06 bits per heavy atom. The zero-order chi connectivity index (χ0) is 25.7. The third-order valence-corrected chi connectivity index (χ3v) is 21.0. The molecule has 5 rings (SSSR count). The Hall–Kier alpha value is -1.62. The Morgan fingerprint density at radius 2 is 1.66 bits per heavy atom. The Morgan fingerprint density at radius 3 is 2.23 bits per heavy atom. The van der Waals surface area contributed by atoms with Crippen molar-refractivity contribution in [2.24, 2.45) is 0 Å². The van der Waals surface area contributed by atoms with Crippen molar-refractivity contribution in [3.63, 3.8) is 0 Å². The van der Waals surface area contributed by atoms with Gasteiger partial charge in [-0.3, -0.25) is 0 Å². The van der Waals surface area contributed by atoms with Gasteiger partial charge in [0, 0.05) is 0 Å². The Kier molecular flexibility index (Phi) is 5.68. The van der Waals surface area contributed by atoms with Crippen LogP contribution in [0.25, 0.3) is 11.2 Å². The summed E-state index contributed by atoms with van der Waals surface area (Å²) in [5.74, 6) is -0.0289. The first kappa shape index (κ1) is 25.1. The normalized spacial score (nSPS) is 35.3. The van der Waals surface area contributed by atoms with E-state index in [9.17, 15) is 9.90 Å². The quantitative estimate of drug-likeness (QED) is 0.499. The van der Waals surface area contributed by atoms with Gasteiger partial charge in [-0.25, -0.2) is 0 Å². The second kappa shape index (κ2) is 7.94. The van der Waals surface area contributed by atoms with E-state index < -0.39 is 52.8 Å². The SMILES string of the molecule is CC(C)[SiH-]1(C(C)C)OC2[C@H]3O[C@@H](n4cnc5c(=O)[nH]c(N)nc54)[C@H](O)[C@@]23O[SiH-](C(C)C)(C(C)C)O1. The third kappa shape index (κ3) is 3.22. The molecule has 1 aliphatic carbocycles. The van der Waals surface area contributed by atoms with Gasteiger partial charge in [-0.1, -0.05) is 0 Å². The van der Waals surface area contributed by atoms with Gasteiger partial charge in [-0.05, 0) is 0 Å². The van der Waals surface area contributed by atoms with Gasteiger partial charge in [0.1, 0.15) is 0 Å². The maximum atomic E-state index is 12.3. The molecular weight excluding hydrogens is 486 g/mol. The van der Waals surface area contributed by atoms with Gasteiger partial charge in [0.05, 0.1) is 0 Å². The first-order chi connectivity index (χ1) is 16.3. The molecule has 5 atom stereocenters. The molecule has 3 aliphatic rings. The zero-order valence-electron chi connectivity index (χ0n) is 21.8. The summed E-state index contributed by atoms with van der Waals surface area (Å²) < 4.78 is 29.2. The van der Waals surface area contributed by atoms with Crippen LogP contribution in [0.2, 0.25) is 22.2 Å². The molecule has 0 bridgehead atoms. The average Bonchev–Trinajstić information content (AvgIpc) is 2.99. The molecule has 35 heavy (non-hydrogen) atoms. The number of rotatable bonds is 5. The molecule has 3 fully saturated rings. The van der Waals surface area contributed by atoms with Gasteiger partial charge >= 0.3 is 207 Å². The maximum absolute atomic E-state index is 12.3. The zero-order valence-corrected chi connectivity index (χ0v) is 24.1. The Bertz CT molecular complexity index is 1180. The number of nitrogens with zero attached hydrogens (tertiary/aromatic N) is 3. The van der Waals surface area contributed by atoms with Crippen molar-refractivity contribution in [2.75, 3.05) is 5.73 Å². The van der Waals surface area contributed by atoms with Gasteiger partial charge < -0.3 is 0 Å². The summed E-state index contributed by atoms with van der Waals surface area (Å²) in [6.45, 7) is 17.3. The number of fused-ring (bicyclic) bond motifs is 2. The van der Waals surface area contributed by atoms with Crippen LogP contribution in [-0.2, 0) is 17.7 Å². The van der Waals surface area contributed by atoms with Crippen molar-refractivity contribution in [2.45, 2.75) is 108 Å². The van der Waals surface area contributed by atoms with Crippen LogP contribution < -0.4 is 11.3 Å². The third-order valence-electron chi connectivity index (χ3n) is 8.69. The average molecular weight is 526 g/mol. The molecule has 0 radical (unpaired) electrons. The van der Waals surface area contributed by atoms with Crippen molar-refractivity contribution < 1.29 is 22.8 Å². The second-order valence-electron chi connectivity index (χ2n) is 12.0. The van der Waals surface area contributed by atoms with Crippen molar-refractivity contribution in [3.8, 4) is 0 Å². The molecule has 2 aromatic rings. The molecular formula is C22H39N5O6Si2-2. The predicted molar refractivity (Wildman–Crippen MR) is 137 cm³/mol. The van der Waals surface area contributed by atoms with E-state index in [1.165, 1.54) is 6.33 Å². The Labute approximate surface area is 206 Å². The van der Waals surface area contributed by atoms with E-state index in [0.717, 1.165) is 0 Å². The fraction of sp³-hybridized carbons (Fsp3) is 0.773. The van der Waals surface area contributed by atoms with Crippen molar-refractivity contribution in [3.05, 3.63) is 16.7 Å². The Balaban J connectivity index is 1.61. The molecule has 198 valence electrons. The van der Waals surface area contributed by atoms with Crippen LogP contribution in [0.15, 0.2) is 11.1 Å². The summed E-state index contributed by atoms with van der Waals surface area (Å²) in [5.41, 5.74) is 5.47. The van der Waals surface area contributed by atoms with Crippen LogP contribution >= 0.6 is 0 Å². The van der Waals surface area contributed by atoms with E-state index in [2.05, 4.69) is 70.3 Å². The molecule has 4 heterocycles. The standard InChI is InChI=1S/C22H39N5O6Si2/c1-10(2)34(11(3)4)31-17-16-22(17,32-35(33-34,12(5)6)13(7)8)15(28)20(30-16)27-9-24-14-18(27)25-21(23)26-19(14)29/h9-13,15-17,20,28,34-35H,1-8H3,(H3,23,25,26,29)/q-2/t15-,16+,17?,20+,22-/m0/s1. The first-order valence-corrected chi connectivity index (χ1v) is 17.3. The molecule has 1 saturated carbocycles. The number of aliphatic hydroxyl groups is 1. The van der Waals surface area contributed by atoms with Gasteiger partial charge in [0.2, 0.25) is 0 Å². The fourth-order valence-corrected chi connectivity index (χ4v) is 21.0. The van der Waals surface area contributed by atoms with Crippen LogP contribution in [0.3, 0.4) is 0 Å². The molecule has 0 amide bonds. The second-order valence-corrected chi connectivity index (χ2v) is 22.2. The number of aromatic nitrogens is 4. The van der Waals surface area contributed by atoms with Crippen molar-refractivity contribution >= 4 is 34.2 Å². The first-order valence-electron chi connectivity index (χ1n) is 12.8. The van der Waals surface area contributed by atoms with E-state index >= 15 is 0 Å². The number of aliphatic hydroxyl groups excluding tert-OH is 1. The van der Waals surface area contributed by atoms with Crippen LogP contribution in [0, 0.1) is 0 Å². The van der Waals surface area contributed by atoms with E-state index in [0.29, 0.717) is 0 Å². The van der Waals surface area contributed by atoms with Crippen LogP contribution in [0.5, 0.6) is 0 Å². The molecule has 13 heteroatoms. The minimum absolute atomic E-state index is 0.0289. The summed E-state index contributed by atoms with van der Waals surface area (Å²) in [6, 6.07) is 0. The van der Waals surface area contributed by atoms with Crippen LogP contribution in [0.4, 0.5) is 5.95 Å². The molecule has 1 spiro atoms. The molecule has 0 aromatic carbocycles. The van der Waals surface area contributed by atoms with E-state index in [1.54, 1.807) is 4.57 Å². The number of anilines is 1. The molecule has 2 saturated heterocycles. The molecule has 1 unspecified atom stereocenters. The summed E-state index contributed by atoms with van der Waals surface area (Å²) in [6.07, 6.45) is -1.31. The summed E-state index contributed by atoms with van der Waals surface area (Å²) in [4.78, 5) is 23.2. The van der Waals surface area contributed by atoms with Crippen molar-refractivity contribution in [1.29, 1.82) is 0 Å². The number of imidazole rings is 1. The number of hydrogen-bond acceptors (Lipinski definition) is 9. The topological polar surface area (TPSA) is 147 Å². The van der Waals surface area contributed by atoms with E-state index in [1.807, 2.05) is 0 Å². The minimum atomic E-state index is -3.29. The summed E-state index contributed by atoms with van der Waals surface area (Å²) in [5, 5.41) is 11.8. The predicted octanol–water partition coefficient (Wildman–Crippen LogP) is 2.13. The van der Waals surface area contributed by atoms with Gasteiger partial charge in [0.15, 0.2) is 0 Å². The molecule has 4 N–H and O–H groups in total. The van der Waals surface area contributed by atoms with Gasteiger partial charge in [-0.2, -0.15) is 0 Å². The number of ether oxygens (including phenoxy) is 1. The number of hydrogen-bond donors (Lipinski definition) is 3. The van der Waals surface area contributed by atoms with Crippen LogP contribution in [0.1, 0.15) is 61.6 Å². The molecule has 11 nitrogen and oxygen atoms in total. The number of aromatic amines is 1. The van der Waals surface area contributed by atoms with E-state index in [4.69, 9.17) is 23.4 Å². The number of nitrogens with one attached hydrogen (secondary N) is 1. The number of H-pyrrole nitrogens is 1. The summed E-state index contributed by atoms with van der Waals surface area (Å²) in [7, 11) is -6.42. The van der Waals surface area contributed by atoms with E-state index in [-0.39, 0.29) is 39.3 Å². The number of nitrogens with two attached hydrogens (primary N) is 1. The van der Waals surface area contributed by atoms with Crippen molar-refractivity contribution in [1.82, 2.24) is 19.5 Å². The van der Waals surface area contributed by atoms with Gasteiger partial charge in [-0.15, -0.1) is 0 Å². The fourth-order valence-electron chi connectivity index (χ4n) is 6.71. The monoisotopic (exact) mass is 525 g/mol. The summed E-state index contributed by atoms with van der Waals surface area (Å²) >= 11 is 0. The van der Waals surface area contributed by atoms with Crippen LogP contribution in [-0.4, -0.2) is 65.7 Å². The number of nitrogen functional groups attached to an aromatic ring is 1. The molecule has 2 aliphatic heterocycles. The molecule has 2 aromatic heterocycles. The van der Waals surface area contributed by atoms with Gasteiger partial charge in [0.25, 0.3) is 0 Å².